The number of hydrogen-bond acceptors (Lipinski definition) is 3. The molecule has 0 saturated heterocycles. The van der Waals surface area contributed by atoms with E-state index >= 15 is 0 Å². The molecule has 0 N–H and O–H groups in total. The first-order chi connectivity index (χ1) is 22.2. The molecular formula is C41H37FGeIrN2O-2. The minimum Gasteiger partial charge on any atom is 0 e. The van der Waals surface area contributed by atoms with Gasteiger partial charge in [0.15, 0.2) is 0 Å². The van der Waals surface area contributed by atoms with Gasteiger partial charge in [0.25, 0.3) is 0 Å². The van der Waals surface area contributed by atoms with E-state index in [1.54, 1.807) is 12.1 Å². The van der Waals surface area contributed by atoms with Crippen molar-refractivity contribution in [3.63, 3.8) is 0 Å². The average molecular weight is 858 g/mol. The number of fused-ring (bicyclic) bond motifs is 3. The van der Waals surface area contributed by atoms with Crippen LogP contribution in [0.15, 0.2) is 120 Å². The van der Waals surface area contributed by atoms with Crippen LogP contribution in [0, 0.1) is 23.9 Å². The summed E-state index contributed by atoms with van der Waals surface area (Å²) in [6, 6.07) is 39.6. The third-order valence-corrected chi connectivity index (χ3v) is 12.2. The molecule has 47 heavy (non-hydrogen) atoms. The zero-order valence-electron chi connectivity index (χ0n) is 27.3. The van der Waals surface area contributed by atoms with Crippen LogP contribution in [-0.4, -0.2) is 23.2 Å². The minimum absolute atomic E-state index is 0. The maximum absolute atomic E-state index is 13.3. The molecule has 0 aliphatic rings. The number of pyridine rings is 2. The molecule has 0 atom stereocenters. The van der Waals surface area contributed by atoms with Gasteiger partial charge in [-0.05, 0) is 53.4 Å². The Morgan fingerprint density at radius 3 is 2.23 bits per heavy atom. The molecule has 0 unspecified atom stereocenters. The van der Waals surface area contributed by atoms with E-state index in [4.69, 9.17) is 4.42 Å². The van der Waals surface area contributed by atoms with E-state index in [9.17, 15) is 4.39 Å². The zero-order chi connectivity index (χ0) is 32.3. The molecule has 3 aromatic heterocycles. The van der Waals surface area contributed by atoms with Gasteiger partial charge in [0.05, 0.1) is 5.58 Å². The van der Waals surface area contributed by atoms with Crippen molar-refractivity contribution in [1.29, 1.82) is 0 Å². The Balaban J connectivity index is 0.000000217. The maximum Gasteiger partial charge on any atom is 0 e. The smallest absolute Gasteiger partial charge is 0 e. The van der Waals surface area contributed by atoms with E-state index in [0.717, 1.165) is 62.0 Å². The summed E-state index contributed by atoms with van der Waals surface area (Å²) in [5.41, 5.74) is 8.61. The van der Waals surface area contributed by atoms with Crippen LogP contribution in [0.4, 0.5) is 4.39 Å². The summed E-state index contributed by atoms with van der Waals surface area (Å²) in [6.45, 7) is 4.43. The Bertz CT molecular complexity index is 2080. The fraction of sp³-hybridized carbons (Fsp3) is 0.171. The average Bonchev–Trinajstić information content (AvgIpc) is 3.43. The van der Waals surface area contributed by atoms with E-state index in [-0.39, 0.29) is 25.9 Å². The molecule has 3 heterocycles. The largest absolute Gasteiger partial charge is 0 e. The first-order valence-corrected chi connectivity index (χ1v) is 23.0. The van der Waals surface area contributed by atoms with Gasteiger partial charge in [-0.25, -0.2) is 4.39 Å². The predicted molar refractivity (Wildman–Crippen MR) is 191 cm³/mol. The first kappa shape index (κ1) is 34.4. The number of nitrogens with zero attached hydrogens (tertiary/aromatic N) is 2. The molecule has 239 valence electrons. The van der Waals surface area contributed by atoms with E-state index < -0.39 is 13.3 Å². The molecule has 6 heteroatoms. The van der Waals surface area contributed by atoms with Crippen LogP contribution in [0.5, 0.6) is 0 Å². The van der Waals surface area contributed by atoms with E-state index in [1.807, 2.05) is 60.9 Å². The summed E-state index contributed by atoms with van der Waals surface area (Å²) >= 11 is -1.72. The van der Waals surface area contributed by atoms with Gasteiger partial charge in [-0.2, -0.15) is 0 Å². The summed E-state index contributed by atoms with van der Waals surface area (Å²) in [7, 11) is 0. The van der Waals surface area contributed by atoms with Gasteiger partial charge in [0.2, 0.25) is 0 Å². The van der Waals surface area contributed by atoms with Crippen molar-refractivity contribution in [2.75, 3.05) is 0 Å². The van der Waals surface area contributed by atoms with Crippen LogP contribution in [0.1, 0.15) is 19.4 Å². The van der Waals surface area contributed by atoms with Crippen LogP contribution in [0.2, 0.25) is 17.3 Å². The van der Waals surface area contributed by atoms with Crippen LogP contribution >= 0.6 is 0 Å². The molecule has 0 bridgehead atoms. The SMILES string of the molecule is CC(C)Cc1ccnc(-c2[c-]ccc3c2oc2cc(-c4ccc(F)cc4)ccc23)c1.[CH3][Ge]([CH3])([CH3])[c]1ccc(-c2[c-]cccc2)nc1.[Ir]. The Morgan fingerprint density at radius 1 is 0.766 bits per heavy atom. The summed E-state index contributed by atoms with van der Waals surface area (Å²) in [6.07, 6.45) is 4.90. The minimum atomic E-state index is -1.72. The quantitative estimate of drug-likeness (QED) is 0.124. The van der Waals surface area contributed by atoms with Crippen LogP contribution in [-0.2, 0) is 26.5 Å². The molecule has 0 fully saturated rings. The number of hydrogen-bond donors (Lipinski definition) is 0. The van der Waals surface area contributed by atoms with Gasteiger partial charge in [-0.1, -0.05) is 60.7 Å². The standard InChI is InChI=1S/C27H21FNO.C14H16GeN.Ir/c1-17(2)14-18-12-13-29-25(15-18)24-5-3-4-23-22-11-8-20(16-26(22)30-27(23)24)19-6-9-21(28)10-7-19;1-15(2,3)13-9-10-14(16-11-13)12-7-5-4-6-8-12;/h3-4,6-13,15-17H,14H2,1-2H3;4-7,9-11H,1-3H3;/q2*-1;. The van der Waals surface area contributed by atoms with Crippen molar-refractivity contribution in [3.05, 3.63) is 139 Å². The summed E-state index contributed by atoms with van der Waals surface area (Å²) in [4.78, 5) is 9.11. The van der Waals surface area contributed by atoms with Crippen LogP contribution in [0.25, 0.3) is 55.6 Å². The number of benzene rings is 4. The fourth-order valence-corrected chi connectivity index (χ4v) is 7.68. The summed E-state index contributed by atoms with van der Waals surface area (Å²) in [5.74, 6) is 7.48. The Kier molecular flexibility index (Phi) is 10.9. The topological polar surface area (TPSA) is 38.9 Å². The molecule has 4 aromatic carbocycles. The van der Waals surface area contributed by atoms with Gasteiger partial charge in [0, 0.05) is 31.7 Å². The van der Waals surface area contributed by atoms with Crippen molar-refractivity contribution < 1.29 is 28.9 Å². The van der Waals surface area contributed by atoms with Gasteiger partial charge in [-0.3, -0.25) is 0 Å². The van der Waals surface area contributed by atoms with E-state index in [0.29, 0.717) is 5.92 Å². The molecule has 0 spiro atoms. The normalized spacial score (nSPS) is 11.3. The van der Waals surface area contributed by atoms with Crippen LogP contribution in [0.3, 0.4) is 0 Å². The maximum atomic E-state index is 13.3. The first-order valence-electron chi connectivity index (χ1n) is 15.7. The second kappa shape index (κ2) is 14.9. The molecule has 0 amide bonds. The van der Waals surface area contributed by atoms with Crippen molar-refractivity contribution in [2.45, 2.75) is 37.5 Å². The third-order valence-electron chi connectivity index (χ3n) is 7.95. The fourth-order valence-electron chi connectivity index (χ4n) is 5.51. The van der Waals surface area contributed by atoms with Crippen LogP contribution < -0.4 is 4.40 Å². The number of halogens is 1. The molecule has 7 aromatic rings. The van der Waals surface area contributed by atoms with E-state index in [2.05, 4.69) is 83.5 Å². The molecule has 7 rings (SSSR count). The summed E-state index contributed by atoms with van der Waals surface area (Å²) < 4.78 is 21.0. The monoisotopic (exact) mass is 859 g/mol. The Labute approximate surface area is 293 Å². The van der Waals surface area contributed by atoms with Gasteiger partial charge in [-0.15, -0.1) is 18.2 Å². The molecule has 0 saturated carbocycles. The van der Waals surface area contributed by atoms with Crippen molar-refractivity contribution >= 4 is 39.6 Å². The number of aromatic nitrogens is 2. The molecule has 3 nitrogen and oxygen atoms in total. The predicted octanol–water partition coefficient (Wildman–Crippen LogP) is 10.5. The van der Waals surface area contributed by atoms with Crippen molar-refractivity contribution in [3.8, 4) is 33.6 Å². The third kappa shape index (κ3) is 8.16. The Morgan fingerprint density at radius 2 is 1.55 bits per heavy atom. The Hall–Kier alpha value is -3.90. The molecule has 0 aliphatic carbocycles. The molecule has 1 radical (unpaired) electrons. The van der Waals surface area contributed by atoms with Gasteiger partial charge in [0.1, 0.15) is 11.4 Å². The van der Waals surface area contributed by atoms with Gasteiger partial charge >= 0.3 is 99.8 Å². The van der Waals surface area contributed by atoms with E-state index in [1.165, 1.54) is 22.1 Å². The second-order valence-corrected chi connectivity index (χ2v) is 23.7. The molecular weight excluding hydrogens is 820 g/mol. The second-order valence-electron chi connectivity index (χ2n) is 13.0. The number of rotatable bonds is 6. The number of furan rings is 1. The zero-order valence-corrected chi connectivity index (χ0v) is 31.8. The van der Waals surface area contributed by atoms with Crippen molar-refractivity contribution in [1.82, 2.24) is 9.97 Å². The molecule has 0 aliphatic heterocycles. The van der Waals surface area contributed by atoms with Crippen molar-refractivity contribution in [2.24, 2.45) is 5.92 Å². The van der Waals surface area contributed by atoms with Gasteiger partial charge < -0.3 is 9.40 Å². The summed E-state index contributed by atoms with van der Waals surface area (Å²) in [5, 5.41) is 2.09.